The number of hydrogen-bond acceptors (Lipinski definition) is 3. The summed E-state index contributed by atoms with van der Waals surface area (Å²) in [5, 5.41) is 9.91. The van der Waals surface area contributed by atoms with Gasteiger partial charge in [0.25, 0.3) is 0 Å². The van der Waals surface area contributed by atoms with E-state index in [1.165, 1.54) is 11.8 Å². The summed E-state index contributed by atoms with van der Waals surface area (Å²) in [6.07, 6.45) is 10.2. The van der Waals surface area contributed by atoms with Crippen molar-refractivity contribution in [1.29, 1.82) is 0 Å². The minimum absolute atomic E-state index is 0.311. The first-order valence-electron chi connectivity index (χ1n) is 6.56. The molecule has 0 spiro atoms. The Morgan fingerprint density at radius 2 is 2.00 bits per heavy atom. The number of aliphatic imine (C=N–C) groups is 1. The molecule has 0 aliphatic rings. The van der Waals surface area contributed by atoms with E-state index in [9.17, 15) is 9.90 Å². The van der Waals surface area contributed by atoms with Gasteiger partial charge in [0.2, 0.25) is 0 Å². The van der Waals surface area contributed by atoms with Crippen LogP contribution < -0.4 is 0 Å². The lowest BCUT2D eigenvalue weighted by Gasteiger charge is -2.11. The molecule has 0 aliphatic heterocycles. The van der Waals surface area contributed by atoms with E-state index in [4.69, 9.17) is 0 Å². The molecule has 0 fully saturated rings. The fourth-order valence-corrected chi connectivity index (χ4v) is 2.56. The summed E-state index contributed by atoms with van der Waals surface area (Å²) in [5.41, 5.74) is 2.01. The lowest BCUT2D eigenvalue weighted by molar-refractivity contribution is -0.131. The molecule has 0 unspecified atom stereocenters. The third-order valence-electron chi connectivity index (χ3n) is 2.49. The fourth-order valence-electron chi connectivity index (χ4n) is 1.53. The zero-order chi connectivity index (χ0) is 15.5. The minimum atomic E-state index is -0.913. The molecule has 0 aromatic rings. The summed E-state index contributed by atoms with van der Waals surface area (Å²) in [6, 6.07) is 0. The molecule has 0 saturated heterocycles. The maximum atomic E-state index is 11.2. The van der Waals surface area contributed by atoms with E-state index in [0.29, 0.717) is 16.4 Å². The molecule has 1 N–H and O–H groups in total. The molecule has 0 heterocycles. The van der Waals surface area contributed by atoms with Crippen molar-refractivity contribution in [2.45, 2.75) is 34.1 Å². The Morgan fingerprint density at radius 1 is 1.35 bits per heavy atom. The maximum Gasteiger partial charge on any atom is 0.342 e. The summed E-state index contributed by atoms with van der Waals surface area (Å²) in [7, 11) is 1.68. The van der Waals surface area contributed by atoms with Crippen molar-refractivity contribution in [1.82, 2.24) is 0 Å². The third-order valence-corrected chi connectivity index (χ3v) is 3.65. The molecule has 0 saturated carbocycles. The molecule has 20 heavy (non-hydrogen) atoms. The van der Waals surface area contributed by atoms with Gasteiger partial charge in [-0.25, -0.2) is 4.79 Å². The number of carbonyl (C=O) groups is 1. The Hall–Kier alpha value is -1.55. The van der Waals surface area contributed by atoms with Gasteiger partial charge in [0.15, 0.2) is 0 Å². The highest BCUT2D eigenvalue weighted by Gasteiger charge is 2.15. The van der Waals surface area contributed by atoms with Gasteiger partial charge in [-0.1, -0.05) is 49.1 Å². The average Bonchev–Trinajstić information content (AvgIpc) is 2.43. The van der Waals surface area contributed by atoms with Crippen LogP contribution >= 0.6 is 11.8 Å². The summed E-state index contributed by atoms with van der Waals surface area (Å²) in [4.78, 5) is 15.8. The molecular formula is C16H23NO2S. The predicted octanol–water partition coefficient (Wildman–Crippen LogP) is 4.60. The Labute approximate surface area is 125 Å². The second-order valence-corrected chi connectivity index (χ2v) is 5.02. The van der Waals surface area contributed by atoms with Gasteiger partial charge in [0, 0.05) is 12.6 Å². The summed E-state index contributed by atoms with van der Waals surface area (Å²) >= 11 is 1.20. The van der Waals surface area contributed by atoms with Crippen molar-refractivity contribution in [3.05, 3.63) is 46.4 Å². The Kier molecular flexibility index (Phi) is 9.47. The van der Waals surface area contributed by atoms with E-state index >= 15 is 0 Å². The number of allylic oxidation sites excluding steroid dienone is 6. The van der Waals surface area contributed by atoms with Crippen molar-refractivity contribution in [2.24, 2.45) is 4.99 Å². The molecule has 0 aliphatic carbocycles. The van der Waals surface area contributed by atoms with Crippen molar-refractivity contribution >= 4 is 22.8 Å². The number of thioether (sulfide) groups is 1. The molecule has 0 bridgehead atoms. The van der Waals surface area contributed by atoms with E-state index in [-0.39, 0.29) is 0 Å². The van der Waals surface area contributed by atoms with Crippen LogP contribution in [0.3, 0.4) is 0 Å². The maximum absolute atomic E-state index is 11.2. The van der Waals surface area contributed by atoms with Gasteiger partial charge in [0.05, 0.1) is 4.91 Å². The molecule has 0 aromatic carbocycles. The van der Waals surface area contributed by atoms with E-state index < -0.39 is 5.97 Å². The average molecular weight is 293 g/mol. The monoisotopic (exact) mass is 293 g/mol. The summed E-state index contributed by atoms with van der Waals surface area (Å²) < 4.78 is 0. The zero-order valence-corrected chi connectivity index (χ0v) is 13.6. The van der Waals surface area contributed by atoms with Crippen molar-refractivity contribution in [2.75, 3.05) is 7.05 Å². The van der Waals surface area contributed by atoms with E-state index in [1.807, 2.05) is 52.0 Å². The van der Waals surface area contributed by atoms with E-state index in [0.717, 1.165) is 11.1 Å². The quantitative estimate of drug-likeness (QED) is 0.337. The highest BCUT2D eigenvalue weighted by Crippen LogP contribution is 2.26. The van der Waals surface area contributed by atoms with Crippen LogP contribution in [0.25, 0.3) is 0 Å². The first-order valence-corrected chi connectivity index (χ1v) is 7.38. The van der Waals surface area contributed by atoms with Crippen LogP contribution in [0.4, 0.5) is 0 Å². The van der Waals surface area contributed by atoms with Gasteiger partial charge in [0.1, 0.15) is 5.04 Å². The SMILES string of the molecule is C\C=C/C=C(C)\C(=C/C)C(=NC)S/C(=C/CC)C(=O)O. The molecule has 0 amide bonds. The predicted molar refractivity (Wildman–Crippen MR) is 89.3 cm³/mol. The van der Waals surface area contributed by atoms with Crippen LogP contribution in [-0.2, 0) is 4.79 Å². The number of hydrogen-bond donors (Lipinski definition) is 1. The van der Waals surface area contributed by atoms with Gasteiger partial charge >= 0.3 is 5.97 Å². The second kappa shape index (κ2) is 10.3. The molecule has 0 aromatic heterocycles. The van der Waals surface area contributed by atoms with Crippen LogP contribution in [-0.4, -0.2) is 23.2 Å². The Morgan fingerprint density at radius 3 is 2.40 bits per heavy atom. The molecule has 4 heteroatoms. The van der Waals surface area contributed by atoms with Crippen LogP contribution in [0.1, 0.15) is 34.1 Å². The topological polar surface area (TPSA) is 49.7 Å². The van der Waals surface area contributed by atoms with Crippen LogP contribution in [0, 0.1) is 0 Å². The van der Waals surface area contributed by atoms with Gasteiger partial charge in [-0.3, -0.25) is 4.99 Å². The van der Waals surface area contributed by atoms with Crippen molar-refractivity contribution < 1.29 is 9.90 Å². The molecule has 0 rings (SSSR count). The van der Waals surface area contributed by atoms with E-state index in [2.05, 4.69) is 4.99 Å². The van der Waals surface area contributed by atoms with Gasteiger partial charge in [-0.2, -0.15) is 0 Å². The fraction of sp³-hybridized carbons (Fsp3) is 0.375. The Balaban J connectivity index is 5.37. The Bertz CT molecular complexity index is 483. The van der Waals surface area contributed by atoms with Gasteiger partial charge < -0.3 is 5.11 Å². The molecule has 110 valence electrons. The largest absolute Gasteiger partial charge is 0.477 e. The highest BCUT2D eigenvalue weighted by atomic mass is 32.2. The van der Waals surface area contributed by atoms with Gasteiger partial charge in [-0.15, -0.1) is 0 Å². The molecule has 0 radical (unpaired) electrons. The minimum Gasteiger partial charge on any atom is -0.477 e. The normalized spacial score (nSPS) is 15.1. The number of rotatable bonds is 6. The lowest BCUT2D eigenvalue weighted by Crippen LogP contribution is -2.05. The molecule has 0 atom stereocenters. The zero-order valence-electron chi connectivity index (χ0n) is 12.8. The summed E-state index contributed by atoms with van der Waals surface area (Å²) in [5.74, 6) is -0.913. The first-order chi connectivity index (χ1) is 9.51. The number of nitrogens with zero attached hydrogens (tertiary/aromatic N) is 1. The van der Waals surface area contributed by atoms with Gasteiger partial charge in [-0.05, 0) is 32.8 Å². The summed E-state index contributed by atoms with van der Waals surface area (Å²) in [6.45, 7) is 7.79. The van der Waals surface area contributed by atoms with Crippen molar-refractivity contribution in [3.8, 4) is 0 Å². The smallest absolute Gasteiger partial charge is 0.342 e. The highest BCUT2D eigenvalue weighted by molar-refractivity contribution is 8.18. The number of carboxylic acids is 1. The molecule has 3 nitrogen and oxygen atoms in total. The molecular weight excluding hydrogens is 270 g/mol. The van der Waals surface area contributed by atoms with E-state index in [1.54, 1.807) is 13.1 Å². The number of aliphatic carboxylic acids is 1. The van der Waals surface area contributed by atoms with Crippen LogP contribution in [0.2, 0.25) is 0 Å². The van der Waals surface area contributed by atoms with Crippen LogP contribution in [0.15, 0.2) is 51.4 Å². The number of carboxylic acid groups (broad SMARTS) is 1. The standard InChI is InChI=1S/C16H23NO2S/c1-6-9-11-12(4)13(8-3)15(17-5)20-14(10-7-2)16(18)19/h6,8-11H,7H2,1-5H3,(H,18,19)/b9-6-,12-11-,13-8+,14-10+,17-15?. The third kappa shape index (κ3) is 6.06. The lowest BCUT2D eigenvalue weighted by atomic mass is 10.1. The van der Waals surface area contributed by atoms with Crippen molar-refractivity contribution in [3.63, 3.8) is 0 Å². The van der Waals surface area contributed by atoms with Crippen LogP contribution in [0.5, 0.6) is 0 Å². The second-order valence-electron chi connectivity index (χ2n) is 3.99. The first kappa shape index (κ1) is 18.4.